The van der Waals surface area contributed by atoms with Crippen molar-refractivity contribution in [3.63, 3.8) is 0 Å². The van der Waals surface area contributed by atoms with Gasteiger partial charge >= 0.3 is 6.03 Å². The predicted octanol–water partition coefficient (Wildman–Crippen LogP) is 2.79. The quantitative estimate of drug-likeness (QED) is 0.886. The molecule has 1 atom stereocenters. The van der Waals surface area contributed by atoms with Crippen LogP contribution in [0.1, 0.15) is 20.3 Å². The molecule has 0 aliphatic rings. The van der Waals surface area contributed by atoms with Crippen molar-refractivity contribution in [2.24, 2.45) is 0 Å². The van der Waals surface area contributed by atoms with Crippen LogP contribution in [0.4, 0.5) is 10.5 Å². The van der Waals surface area contributed by atoms with E-state index in [1.165, 1.54) is 0 Å². The van der Waals surface area contributed by atoms with Crippen molar-refractivity contribution in [1.29, 1.82) is 0 Å². The fourth-order valence-electron chi connectivity index (χ4n) is 1.60. The Bertz CT molecular complexity index is 535. The van der Waals surface area contributed by atoms with Gasteiger partial charge in [0.15, 0.2) is 0 Å². The Balaban J connectivity index is 2.00. The Kier molecular flexibility index (Phi) is 4.18. The fraction of sp³-hybridized carbons (Fsp3) is 0.286. The van der Waals surface area contributed by atoms with Crippen LogP contribution in [0, 0.1) is 0 Å². The molecule has 5 nitrogen and oxygen atoms in total. The molecule has 0 aliphatic carbocycles. The van der Waals surface area contributed by atoms with Gasteiger partial charge in [0.05, 0.1) is 23.8 Å². The van der Waals surface area contributed by atoms with Gasteiger partial charge in [-0.3, -0.25) is 0 Å². The molecule has 2 N–H and O–H groups in total. The number of benzene rings is 1. The molecule has 2 aromatic rings. The number of para-hydroxylation sites is 1. The number of carbonyl (C=O) groups excluding carboxylic acids is 1. The molecule has 2 rings (SSSR count). The van der Waals surface area contributed by atoms with Crippen molar-refractivity contribution in [1.82, 2.24) is 15.1 Å². The number of carbonyl (C=O) groups is 1. The van der Waals surface area contributed by atoms with Gasteiger partial charge < -0.3 is 10.6 Å². The lowest BCUT2D eigenvalue weighted by molar-refractivity contribution is 0.249. The van der Waals surface area contributed by atoms with E-state index in [0.717, 1.165) is 12.1 Å². The summed E-state index contributed by atoms with van der Waals surface area (Å²) in [5, 5.41) is 9.82. The standard InChI is InChI=1S/C14H18N4O/c1-3-11(2)16-14(19)17-12-9-15-18(10-12)13-7-5-4-6-8-13/h4-11H,3H2,1-2H3,(H2,16,17,19)/t11-/m1/s1. The van der Waals surface area contributed by atoms with Crippen LogP contribution in [0.25, 0.3) is 5.69 Å². The third-order valence-electron chi connectivity index (χ3n) is 2.85. The Morgan fingerprint density at radius 1 is 1.37 bits per heavy atom. The van der Waals surface area contributed by atoms with E-state index in [1.807, 2.05) is 44.2 Å². The lowest BCUT2D eigenvalue weighted by atomic mass is 10.3. The Morgan fingerprint density at radius 2 is 2.11 bits per heavy atom. The highest BCUT2D eigenvalue weighted by Crippen LogP contribution is 2.11. The van der Waals surface area contributed by atoms with Crippen LogP contribution in [-0.2, 0) is 0 Å². The fourth-order valence-corrected chi connectivity index (χ4v) is 1.60. The predicted molar refractivity (Wildman–Crippen MR) is 75.5 cm³/mol. The first kappa shape index (κ1) is 13.1. The van der Waals surface area contributed by atoms with Crippen LogP contribution < -0.4 is 10.6 Å². The van der Waals surface area contributed by atoms with E-state index in [2.05, 4.69) is 15.7 Å². The maximum Gasteiger partial charge on any atom is 0.319 e. The average Bonchev–Trinajstić information content (AvgIpc) is 2.88. The maximum absolute atomic E-state index is 11.7. The summed E-state index contributed by atoms with van der Waals surface area (Å²) in [5.74, 6) is 0. The minimum atomic E-state index is -0.207. The van der Waals surface area contributed by atoms with Crippen LogP contribution in [0.2, 0.25) is 0 Å². The van der Waals surface area contributed by atoms with E-state index in [4.69, 9.17) is 0 Å². The van der Waals surface area contributed by atoms with Crippen molar-refractivity contribution in [2.75, 3.05) is 5.32 Å². The number of amides is 2. The molecular formula is C14H18N4O. The van der Waals surface area contributed by atoms with Gasteiger partial charge in [-0.05, 0) is 25.5 Å². The van der Waals surface area contributed by atoms with Crippen molar-refractivity contribution in [3.8, 4) is 5.69 Å². The molecule has 0 fully saturated rings. The monoisotopic (exact) mass is 258 g/mol. The summed E-state index contributed by atoms with van der Waals surface area (Å²) in [6, 6.07) is 9.70. The molecule has 100 valence electrons. The zero-order valence-electron chi connectivity index (χ0n) is 11.1. The van der Waals surface area contributed by atoms with Crippen molar-refractivity contribution >= 4 is 11.7 Å². The Labute approximate surface area is 112 Å². The van der Waals surface area contributed by atoms with Crippen LogP contribution >= 0.6 is 0 Å². The van der Waals surface area contributed by atoms with Gasteiger partial charge in [0, 0.05) is 6.04 Å². The van der Waals surface area contributed by atoms with Crippen molar-refractivity contribution in [3.05, 3.63) is 42.7 Å². The van der Waals surface area contributed by atoms with Crippen LogP contribution in [0.15, 0.2) is 42.7 Å². The van der Waals surface area contributed by atoms with Gasteiger partial charge in [0.25, 0.3) is 0 Å². The summed E-state index contributed by atoms with van der Waals surface area (Å²) < 4.78 is 1.72. The van der Waals surface area contributed by atoms with Gasteiger partial charge in [-0.2, -0.15) is 5.10 Å². The molecule has 1 aromatic heterocycles. The minimum Gasteiger partial charge on any atom is -0.335 e. The zero-order chi connectivity index (χ0) is 13.7. The lowest BCUT2D eigenvalue weighted by Crippen LogP contribution is -2.35. The number of nitrogens with one attached hydrogen (secondary N) is 2. The number of rotatable bonds is 4. The van der Waals surface area contributed by atoms with Crippen molar-refractivity contribution < 1.29 is 4.79 Å². The number of hydrogen-bond acceptors (Lipinski definition) is 2. The van der Waals surface area contributed by atoms with Gasteiger partial charge in [-0.25, -0.2) is 9.48 Å². The summed E-state index contributed by atoms with van der Waals surface area (Å²) in [7, 11) is 0. The van der Waals surface area contributed by atoms with E-state index in [1.54, 1.807) is 17.1 Å². The third kappa shape index (κ3) is 3.58. The largest absolute Gasteiger partial charge is 0.335 e. The molecule has 0 bridgehead atoms. The highest BCUT2D eigenvalue weighted by atomic mass is 16.2. The summed E-state index contributed by atoms with van der Waals surface area (Å²) in [4.78, 5) is 11.7. The number of hydrogen-bond donors (Lipinski definition) is 2. The molecule has 1 heterocycles. The highest BCUT2D eigenvalue weighted by Gasteiger charge is 2.07. The summed E-state index contributed by atoms with van der Waals surface area (Å²) in [6.45, 7) is 3.99. The Hall–Kier alpha value is -2.30. The normalized spacial score (nSPS) is 11.9. The second-order valence-corrected chi connectivity index (χ2v) is 4.42. The molecule has 2 amide bonds. The first-order valence-electron chi connectivity index (χ1n) is 6.36. The molecule has 0 aliphatic heterocycles. The second-order valence-electron chi connectivity index (χ2n) is 4.42. The molecule has 5 heteroatoms. The Morgan fingerprint density at radius 3 is 2.79 bits per heavy atom. The van der Waals surface area contributed by atoms with E-state index in [-0.39, 0.29) is 12.1 Å². The van der Waals surface area contributed by atoms with Crippen LogP contribution in [-0.4, -0.2) is 21.9 Å². The number of nitrogens with zero attached hydrogens (tertiary/aromatic N) is 2. The van der Waals surface area contributed by atoms with E-state index < -0.39 is 0 Å². The van der Waals surface area contributed by atoms with E-state index in [9.17, 15) is 4.79 Å². The molecule has 0 saturated heterocycles. The number of urea groups is 1. The van der Waals surface area contributed by atoms with Gasteiger partial charge in [-0.1, -0.05) is 25.1 Å². The van der Waals surface area contributed by atoms with Crippen LogP contribution in [0.5, 0.6) is 0 Å². The lowest BCUT2D eigenvalue weighted by Gasteiger charge is -2.11. The van der Waals surface area contributed by atoms with Gasteiger partial charge in [-0.15, -0.1) is 0 Å². The smallest absolute Gasteiger partial charge is 0.319 e. The number of aromatic nitrogens is 2. The van der Waals surface area contributed by atoms with E-state index >= 15 is 0 Å². The first-order chi connectivity index (χ1) is 9.19. The first-order valence-corrected chi connectivity index (χ1v) is 6.36. The molecule has 0 unspecified atom stereocenters. The third-order valence-corrected chi connectivity index (χ3v) is 2.85. The molecular weight excluding hydrogens is 240 g/mol. The molecule has 0 radical (unpaired) electrons. The zero-order valence-corrected chi connectivity index (χ0v) is 11.1. The average molecular weight is 258 g/mol. The minimum absolute atomic E-state index is 0.157. The van der Waals surface area contributed by atoms with Crippen LogP contribution in [0.3, 0.4) is 0 Å². The van der Waals surface area contributed by atoms with Gasteiger partial charge in [0.2, 0.25) is 0 Å². The van der Waals surface area contributed by atoms with E-state index in [0.29, 0.717) is 5.69 Å². The molecule has 1 aromatic carbocycles. The maximum atomic E-state index is 11.7. The van der Waals surface area contributed by atoms with Gasteiger partial charge in [0.1, 0.15) is 0 Å². The summed E-state index contributed by atoms with van der Waals surface area (Å²) in [6.07, 6.45) is 4.31. The molecule has 19 heavy (non-hydrogen) atoms. The topological polar surface area (TPSA) is 59.0 Å². The second kappa shape index (κ2) is 6.04. The van der Waals surface area contributed by atoms with Crippen molar-refractivity contribution in [2.45, 2.75) is 26.3 Å². The summed E-state index contributed by atoms with van der Waals surface area (Å²) >= 11 is 0. The SMILES string of the molecule is CC[C@@H](C)NC(=O)Nc1cnn(-c2ccccc2)c1. The molecule has 0 saturated carbocycles. The highest BCUT2D eigenvalue weighted by molar-refractivity contribution is 5.89. The molecule has 0 spiro atoms. The summed E-state index contributed by atoms with van der Waals surface area (Å²) in [5.41, 5.74) is 1.63. The number of anilines is 1.